The first-order valence-electron chi connectivity index (χ1n) is 18.1. The largest absolute Gasteiger partial charge is 0.475 e. The van der Waals surface area contributed by atoms with Crippen LogP contribution in [0.4, 0.5) is 5.82 Å². The second kappa shape index (κ2) is 20.9. The molecule has 0 amide bonds. The van der Waals surface area contributed by atoms with E-state index in [0.717, 1.165) is 22.3 Å². The lowest BCUT2D eigenvalue weighted by Gasteiger charge is -2.24. The Bertz CT molecular complexity index is 1990. The molecule has 4 aromatic carbocycles. The van der Waals surface area contributed by atoms with Crippen LogP contribution in [-0.2, 0) is 69.2 Å². The van der Waals surface area contributed by atoms with Gasteiger partial charge in [-0.25, -0.2) is 24.1 Å². The molecule has 6 rings (SSSR count). The second-order valence-corrected chi connectivity index (χ2v) is 16.0. The predicted molar refractivity (Wildman–Crippen MR) is 214 cm³/mol. The third-order valence-electron chi connectivity index (χ3n) is 8.44. The number of hydrogen-bond donors (Lipinski definition) is 1. The van der Waals surface area contributed by atoms with Crippen molar-refractivity contribution in [2.24, 2.45) is 5.92 Å². The Kier molecular flexibility index (Phi) is 15.3. The fraction of sp³-hybridized carbons (Fsp3) is 0.244. The summed E-state index contributed by atoms with van der Waals surface area (Å²) in [5, 5.41) is 3.03. The zero-order chi connectivity index (χ0) is 38.9. The molecule has 292 valence electrons. The van der Waals surface area contributed by atoms with Crippen LogP contribution in [0.5, 0.6) is 0 Å². The van der Waals surface area contributed by atoms with Crippen LogP contribution in [0.3, 0.4) is 0 Å². The monoisotopic (exact) mass is 797 g/mol. The Morgan fingerprint density at radius 1 is 0.589 bits per heavy atom. The lowest BCUT2D eigenvalue weighted by atomic mass is 10.1. The van der Waals surface area contributed by atoms with Crippen molar-refractivity contribution < 1.29 is 36.3 Å². The lowest BCUT2D eigenvalue weighted by Crippen LogP contribution is -2.17. The summed E-state index contributed by atoms with van der Waals surface area (Å²) in [6, 6.07) is 37.4. The summed E-state index contributed by atoms with van der Waals surface area (Å²) in [4.78, 5) is 13.1. The van der Waals surface area contributed by atoms with Gasteiger partial charge in [0.05, 0.1) is 46.0 Å². The van der Waals surface area contributed by atoms with E-state index in [2.05, 4.69) is 20.3 Å². The van der Waals surface area contributed by atoms with E-state index < -0.39 is 21.6 Å². The molecule has 0 aliphatic rings. The van der Waals surface area contributed by atoms with Gasteiger partial charge in [0.1, 0.15) is 11.8 Å². The molecule has 0 atom stereocenters. The molecule has 56 heavy (non-hydrogen) atoms. The SMILES string of the molecule is CNc1ncnc2c1ncn2C/C=C/CC(COP(=O)(OCc1ccccc1)OCc1ccccc1)COP(=O)(OCc1ccccc1)OCc1ccccc1. The predicted octanol–water partition coefficient (Wildman–Crippen LogP) is 9.55. The molecule has 0 fully saturated rings. The fourth-order valence-corrected chi connectivity index (χ4v) is 7.85. The first-order valence-corrected chi connectivity index (χ1v) is 21.0. The Balaban J connectivity index is 1.19. The van der Waals surface area contributed by atoms with E-state index in [1.165, 1.54) is 6.33 Å². The van der Waals surface area contributed by atoms with Gasteiger partial charge in [0.15, 0.2) is 11.5 Å². The van der Waals surface area contributed by atoms with Crippen LogP contribution in [0.15, 0.2) is 146 Å². The van der Waals surface area contributed by atoms with Crippen molar-refractivity contribution >= 4 is 32.6 Å². The number of nitrogens with zero attached hydrogens (tertiary/aromatic N) is 4. The molecule has 0 spiro atoms. The number of nitrogens with one attached hydrogen (secondary N) is 1. The standard InChI is InChI=1S/C41H45N5O8P2/c1-42-40-39-41(44-32-43-40)46(33-45-39)25-15-14-24-38(30-53-55(47,49-26-34-16-6-2-7-17-34)50-27-35-18-8-3-9-19-35)31-54-56(48,51-28-36-20-10-4-11-21-36)52-29-37-22-12-5-13-23-37/h2-23,32-33,38H,24-31H2,1H3,(H,42,43,44)/b15-14+. The maximum Gasteiger partial charge on any atom is 0.475 e. The van der Waals surface area contributed by atoms with Crippen molar-refractivity contribution in [3.63, 3.8) is 0 Å². The molecule has 2 aromatic heterocycles. The van der Waals surface area contributed by atoms with E-state index in [4.69, 9.17) is 27.1 Å². The zero-order valence-electron chi connectivity index (χ0n) is 31.0. The first kappa shape index (κ1) is 40.8. The van der Waals surface area contributed by atoms with Gasteiger partial charge >= 0.3 is 15.6 Å². The maximum absolute atomic E-state index is 14.2. The van der Waals surface area contributed by atoms with E-state index in [1.807, 2.05) is 138 Å². The van der Waals surface area contributed by atoms with Crippen molar-refractivity contribution in [3.05, 3.63) is 168 Å². The van der Waals surface area contributed by atoms with Crippen LogP contribution >= 0.6 is 15.6 Å². The quantitative estimate of drug-likeness (QED) is 0.0487. The summed E-state index contributed by atoms with van der Waals surface area (Å²) in [6.07, 6.45) is 7.44. The van der Waals surface area contributed by atoms with Crippen LogP contribution in [0, 0.1) is 5.92 Å². The minimum Gasteiger partial charge on any atom is -0.371 e. The van der Waals surface area contributed by atoms with Gasteiger partial charge in [-0.3, -0.25) is 27.1 Å². The van der Waals surface area contributed by atoms with Crippen molar-refractivity contribution in [1.29, 1.82) is 0 Å². The van der Waals surface area contributed by atoms with Crippen LogP contribution in [0.2, 0.25) is 0 Å². The van der Waals surface area contributed by atoms with Gasteiger partial charge in [-0.2, -0.15) is 0 Å². The van der Waals surface area contributed by atoms with E-state index >= 15 is 0 Å². The molecule has 1 N–H and O–H groups in total. The normalized spacial score (nSPS) is 12.2. The molecule has 0 unspecified atom stereocenters. The Hall–Kier alpha value is -4.81. The second-order valence-electron chi connectivity index (χ2n) is 12.6. The van der Waals surface area contributed by atoms with E-state index in [9.17, 15) is 9.13 Å². The van der Waals surface area contributed by atoms with Crippen molar-refractivity contribution in [2.75, 3.05) is 25.6 Å². The number of phosphoric acid groups is 2. The summed E-state index contributed by atoms with van der Waals surface area (Å²) < 4.78 is 65.8. The average Bonchev–Trinajstić information content (AvgIpc) is 3.68. The summed E-state index contributed by atoms with van der Waals surface area (Å²) in [7, 11) is -6.48. The number of benzene rings is 4. The summed E-state index contributed by atoms with van der Waals surface area (Å²) in [5.74, 6) is 0.140. The summed E-state index contributed by atoms with van der Waals surface area (Å²) in [5.41, 5.74) is 4.53. The molecule has 0 bridgehead atoms. The van der Waals surface area contributed by atoms with Gasteiger partial charge in [0.25, 0.3) is 0 Å². The number of rotatable bonds is 23. The molecule has 0 aliphatic heterocycles. The van der Waals surface area contributed by atoms with Gasteiger partial charge in [-0.05, 0) is 28.7 Å². The average molecular weight is 798 g/mol. The van der Waals surface area contributed by atoms with Gasteiger partial charge in [-0.1, -0.05) is 133 Å². The molecular weight excluding hydrogens is 752 g/mol. The molecule has 0 saturated carbocycles. The van der Waals surface area contributed by atoms with Crippen LogP contribution in [-0.4, -0.2) is 39.8 Å². The van der Waals surface area contributed by atoms with Gasteiger partial charge in [-0.15, -0.1) is 0 Å². The minimum atomic E-state index is -4.13. The number of hydrogen-bond acceptors (Lipinski definition) is 12. The molecule has 15 heteroatoms. The van der Waals surface area contributed by atoms with Gasteiger partial charge < -0.3 is 9.88 Å². The Labute approximate surface area is 326 Å². The fourth-order valence-electron chi connectivity index (χ4n) is 5.39. The molecule has 0 radical (unpaired) electrons. The highest BCUT2D eigenvalue weighted by molar-refractivity contribution is 7.48. The molecule has 13 nitrogen and oxygen atoms in total. The van der Waals surface area contributed by atoms with Crippen LogP contribution in [0.1, 0.15) is 28.7 Å². The lowest BCUT2D eigenvalue weighted by molar-refractivity contribution is 0.0627. The zero-order valence-corrected chi connectivity index (χ0v) is 32.8. The number of fused-ring (bicyclic) bond motifs is 1. The highest BCUT2D eigenvalue weighted by Gasteiger charge is 2.32. The summed E-state index contributed by atoms with van der Waals surface area (Å²) >= 11 is 0. The number of aromatic nitrogens is 4. The van der Waals surface area contributed by atoms with E-state index in [0.29, 0.717) is 29.9 Å². The van der Waals surface area contributed by atoms with Gasteiger partial charge in [0.2, 0.25) is 0 Å². The third-order valence-corrected chi connectivity index (χ3v) is 11.2. The topological polar surface area (TPSA) is 145 Å². The smallest absolute Gasteiger partial charge is 0.371 e. The number of phosphoric ester groups is 2. The van der Waals surface area contributed by atoms with Crippen molar-refractivity contribution in [3.8, 4) is 0 Å². The van der Waals surface area contributed by atoms with Gasteiger partial charge in [0, 0.05) is 19.5 Å². The minimum absolute atomic E-state index is 0.00150. The Morgan fingerprint density at radius 3 is 1.43 bits per heavy atom. The highest BCUT2D eigenvalue weighted by atomic mass is 31.2. The number of anilines is 1. The van der Waals surface area contributed by atoms with E-state index in [-0.39, 0.29) is 39.6 Å². The van der Waals surface area contributed by atoms with Crippen molar-refractivity contribution in [2.45, 2.75) is 39.4 Å². The number of allylic oxidation sites excluding steroid dienone is 2. The Morgan fingerprint density at radius 2 is 1.02 bits per heavy atom. The molecular formula is C41H45N5O8P2. The number of imidazole rings is 1. The maximum atomic E-state index is 14.2. The molecule has 0 aliphatic carbocycles. The van der Waals surface area contributed by atoms with Crippen LogP contribution in [0.25, 0.3) is 11.2 Å². The molecule has 2 heterocycles. The first-order chi connectivity index (χ1) is 27.4. The molecule has 6 aromatic rings. The van der Waals surface area contributed by atoms with Crippen molar-refractivity contribution in [1.82, 2.24) is 19.5 Å². The van der Waals surface area contributed by atoms with E-state index in [1.54, 1.807) is 13.4 Å². The van der Waals surface area contributed by atoms with Crippen LogP contribution < -0.4 is 5.32 Å². The molecule has 0 saturated heterocycles. The third kappa shape index (κ3) is 12.6. The highest BCUT2D eigenvalue weighted by Crippen LogP contribution is 2.53. The summed E-state index contributed by atoms with van der Waals surface area (Å²) in [6.45, 7) is 0.208.